The van der Waals surface area contributed by atoms with E-state index >= 15 is 0 Å². The van der Waals surface area contributed by atoms with E-state index in [-0.39, 0.29) is 35.8 Å². The second-order valence-corrected chi connectivity index (χ2v) is 12.1. The predicted octanol–water partition coefficient (Wildman–Crippen LogP) is 3.36. The van der Waals surface area contributed by atoms with Crippen molar-refractivity contribution >= 4 is 5.91 Å². The van der Waals surface area contributed by atoms with Crippen LogP contribution in [0.2, 0.25) is 0 Å². The molecule has 7 rings (SSSR count). The standard InChI is InChI=1S/C28H38N2O4/c1-2-3-4-18-10-13-30(26(18)32)20-9-11-28(33)22-15-19-7-8-21(31)24-23(19)27(28,25(20)34-24)12-14-29(22)16-17-5-6-17/h7-8,17-18,20,22,25,31,33H,2-6,9-16H2,1H3/t18?,20-,22-,25+,27+,28?/m1/s1. The third-order valence-corrected chi connectivity index (χ3v) is 10.4. The molecule has 2 saturated carbocycles. The number of ether oxygens (including phenoxy) is 1. The van der Waals surface area contributed by atoms with Gasteiger partial charge in [-0.3, -0.25) is 9.69 Å². The number of carbonyl (C=O) groups excluding carboxylic acids is 1. The number of phenols is 1. The molecule has 1 spiro atoms. The van der Waals surface area contributed by atoms with Gasteiger partial charge in [-0.2, -0.15) is 0 Å². The Kier molecular flexibility index (Phi) is 4.65. The molecule has 34 heavy (non-hydrogen) atoms. The zero-order valence-corrected chi connectivity index (χ0v) is 20.3. The number of phenolic OH excluding ortho intramolecular Hbond substituents is 1. The van der Waals surface area contributed by atoms with Crippen LogP contribution in [0.5, 0.6) is 11.5 Å². The number of hydrogen-bond donors (Lipinski definition) is 2. The van der Waals surface area contributed by atoms with E-state index in [9.17, 15) is 15.0 Å². The summed E-state index contributed by atoms with van der Waals surface area (Å²) in [5.74, 6) is 1.95. The van der Waals surface area contributed by atoms with Crippen LogP contribution in [0.1, 0.15) is 75.8 Å². The minimum absolute atomic E-state index is 0.0345. The van der Waals surface area contributed by atoms with Crippen LogP contribution in [0, 0.1) is 11.8 Å². The molecule has 2 unspecified atom stereocenters. The van der Waals surface area contributed by atoms with Gasteiger partial charge in [0.25, 0.3) is 0 Å². The summed E-state index contributed by atoms with van der Waals surface area (Å²) in [6.07, 6.45) is 9.57. The Hall–Kier alpha value is -1.79. The molecule has 1 aromatic carbocycles. The molecule has 1 aromatic rings. The topological polar surface area (TPSA) is 73.2 Å². The lowest BCUT2D eigenvalue weighted by Gasteiger charge is -2.64. The van der Waals surface area contributed by atoms with Gasteiger partial charge in [-0.1, -0.05) is 25.8 Å². The maximum absolute atomic E-state index is 13.5. The molecule has 0 radical (unpaired) electrons. The Bertz CT molecular complexity index is 1020. The van der Waals surface area contributed by atoms with Gasteiger partial charge < -0.3 is 19.8 Å². The van der Waals surface area contributed by atoms with Crippen LogP contribution >= 0.6 is 0 Å². The van der Waals surface area contributed by atoms with Gasteiger partial charge in [-0.25, -0.2) is 0 Å². The van der Waals surface area contributed by atoms with Crippen LogP contribution in [0.25, 0.3) is 0 Å². The molecule has 2 saturated heterocycles. The number of aliphatic hydroxyl groups is 1. The summed E-state index contributed by atoms with van der Waals surface area (Å²) in [5, 5.41) is 23.4. The molecule has 1 amide bonds. The maximum Gasteiger partial charge on any atom is 0.226 e. The number of amides is 1. The number of aromatic hydroxyl groups is 1. The fraction of sp³-hybridized carbons (Fsp3) is 0.750. The van der Waals surface area contributed by atoms with E-state index in [1.807, 2.05) is 0 Å². The SMILES string of the molecule is CCCCC1CCN([C@@H]2CCC3(O)[C@H]4Cc5ccc(O)c6c5[C@@]3(CCN4CC3CC3)[C@H]2O6)C1=O. The summed E-state index contributed by atoms with van der Waals surface area (Å²) in [7, 11) is 0. The largest absolute Gasteiger partial charge is 0.504 e. The first-order chi connectivity index (χ1) is 16.5. The quantitative estimate of drug-likeness (QED) is 0.673. The fourth-order valence-corrected chi connectivity index (χ4v) is 8.59. The number of hydrogen-bond acceptors (Lipinski definition) is 5. The molecule has 0 aromatic heterocycles. The molecule has 184 valence electrons. The monoisotopic (exact) mass is 466 g/mol. The summed E-state index contributed by atoms with van der Waals surface area (Å²) >= 11 is 0. The third kappa shape index (κ3) is 2.67. The lowest BCUT2D eigenvalue weighted by Crippen LogP contribution is -2.78. The number of rotatable bonds is 6. The number of carbonyl (C=O) groups is 1. The Morgan fingerprint density at radius 1 is 1.15 bits per heavy atom. The molecule has 3 aliphatic heterocycles. The molecule has 3 heterocycles. The average molecular weight is 467 g/mol. The van der Waals surface area contributed by atoms with Crippen LogP contribution in [0.15, 0.2) is 12.1 Å². The van der Waals surface area contributed by atoms with Gasteiger partial charge in [0.15, 0.2) is 11.5 Å². The van der Waals surface area contributed by atoms with Crippen molar-refractivity contribution in [2.45, 2.75) is 100 Å². The van der Waals surface area contributed by atoms with Crippen molar-refractivity contribution in [3.05, 3.63) is 23.3 Å². The second-order valence-electron chi connectivity index (χ2n) is 12.1. The van der Waals surface area contributed by atoms with Gasteiger partial charge in [-0.15, -0.1) is 0 Å². The molecule has 3 aliphatic carbocycles. The first kappa shape index (κ1) is 21.5. The number of likely N-dealkylation sites (tertiary alicyclic amines) is 2. The maximum atomic E-state index is 13.5. The fourth-order valence-electron chi connectivity index (χ4n) is 8.59. The van der Waals surface area contributed by atoms with Crippen molar-refractivity contribution in [3.8, 4) is 11.5 Å². The van der Waals surface area contributed by atoms with E-state index < -0.39 is 11.0 Å². The Morgan fingerprint density at radius 3 is 2.79 bits per heavy atom. The molecule has 6 heteroatoms. The summed E-state index contributed by atoms with van der Waals surface area (Å²) in [6, 6.07) is 3.88. The smallest absolute Gasteiger partial charge is 0.226 e. The van der Waals surface area contributed by atoms with E-state index in [2.05, 4.69) is 22.8 Å². The summed E-state index contributed by atoms with van der Waals surface area (Å²) in [5.41, 5.74) is 0.864. The molecule has 6 aliphatic rings. The summed E-state index contributed by atoms with van der Waals surface area (Å²) < 4.78 is 6.67. The Balaban J connectivity index is 1.29. The molecule has 4 fully saturated rings. The highest BCUT2D eigenvalue weighted by Gasteiger charge is 2.73. The molecular weight excluding hydrogens is 428 g/mol. The van der Waals surface area contributed by atoms with Gasteiger partial charge in [0.1, 0.15) is 6.10 Å². The number of nitrogens with zero attached hydrogens (tertiary/aromatic N) is 2. The highest BCUT2D eigenvalue weighted by Crippen LogP contribution is 2.66. The lowest BCUT2D eigenvalue weighted by atomic mass is 9.48. The first-order valence-electron chi connectivity index (χ1n) is 13.8. The van der Waals surface area contributed by atoms with Crippen LogP contribution in [0.4, 0.5) is 0 Å². The molecule has 2 N–H and O–H groups in total. The molecular formula is C28H38N2O4. The molecule has 2 bridgehead atoms. The van der Waals surface area contributed by atoms with E-state index in [4.69, 9.17) is 4.74 Å². The summed E-state index contributed by atoms with van der Waals surface area (Å²) in [6.45, 7) is 5.01. The minimum atomic E-state index is -0.877. The Morgan fingerprint density at radius 2 is 2.00 bits per heavy atom. The van der Waals surface area contributed by atoms with Crippen molar-refractivity contribution in [1.29, 1.82) is 0 Å². The predicted molar refractivity (Wildman–Crippen MR) is 128 cm³/mol. The summed E-state index contributed by atoms with van der Waals surface area (Å²) in [4.78, 5) is 18.1. The normalized spacial score (nSPS) is 40.4. The Labute approximate surface area is 202 Å². The van der Waals surface area contributed by atoms with Gasteiger partial charge in [0, 0.05) is 30.6 Å². The number of piperidine rings is 1. The molecule has 6 nitrogen and oxygen atoms in total. The third-order valence-electron chi connectivity index (χ3n) is 10.4. The zero-order valence-electron chi connectivity index (χ0n) is 20.3. The average Bonchev–Trinajstić information content (AvgIpc) is 3.46. The van der Waals surface area contributed by atoms with E-state index in [1.165, 1.54) is 18.4 Å². The van der Waals surface area contributed by atoms with Crippen molar-refractivity contribution in [2.24, 2.45) is 11.8 Å². The lowest BCUT2D eigenvalue weighted by molar-refractivity contribution is -0.200. The first-order valence-corrected chi connectivity index (χ1v) is 13.8. The van der Waals surface area contributed by atoms with Crippen molar-refractivity contribution < 1.29 is 19.7 Å². The van der Waals surface area contributed by atoms with Crippen molar-refractivity contribution in [3.63, 3.8) is 0 Å². The van der Waals surface area contributed by atoms with E-state index in [0.29, 0.717) is 12.2 Å². The van der Waals surface area contributed by atoms with Gasteiger partial charge in [0.2, 0.25) is 5.91 Å². The van der Waals surface area contributed by atoms with Gasteiger partial charge in [-0.05, 0) is 75.5 Å². The van der Waals surface area contributed by atoms with Gasteiger partial charge >= 0.3 is 0 Å². The van der Waals surface area contributed by atoms with E-state index in [0.717, 1.165) is 76.1 Å². The van der Waals surface area contributed by atoms with Crippen molar-refractivity contribution in [1.82, 2.24) is 9.80 Å². The zero-order chi connectivity index (χ0) is 23.2. The van der Waals surface area contributed by atoms with Crippen LogP contribution in [-0.2, 0) is 16.6 Å². The van der Waals surface area contributed by atoms with E-state index in [1.54, 1.807) is 6.07 Å². The number of unbranched alkanes of at least 4 members (excludes halogenated alkanes) is 1. The van der Waals surface area contributed by atoms with Crippen LogP contribution in [-0.4, -0.2) is 69.3 Å². The van der Waals surface area contributed by atoms with Crippen LogP contribution < -0.4 is 4.74 Å². The van der Waals surface area contributed by atoms with Crippen molar-refractivity contribution in [2.75, 3.05) is 19.6 Å². The number of benzene rings is 1. The van der Waals surface area contributed by atoms with Crippen LogP contribution in [0.3, 0.4) is 0 Å². The minimum Gasteiger partial charge on any atom is -0.504 e. The molecule has 6 atom stereocenters. The van der Waals surface area contributed by atoms with Gasteiger partial charge in [0.05, 0.1) is 17.1 Å². The highest BCUT2D eigenvalue weighted by atomic mass is 16.5. The highest BCUT2D eigenvalue weighted by molar-refractivity contribution is 5.81. The second kappa shape index (κ2) is 7.36.